The van der Waals surface area contributed by atoms with Gasteiger partial charge in [0.1, 0.15) is 17.0 Å². The number of H-pyrrole nitrogens is 1. The second-order valence-corrected chi connectivity index (χ2v) is 7.28. The molecule has 150 valence electrons. The molecule has 2 aromatic carbocycles. The summed E-state index contributed by atoms with van der Waals surface area (Å²) in [6.45, 7) is 0.568. The topological polar surface area (TPSA) is 86.8 Å². The average molecular weight is 402 g/mol. The molecule has 4 aromatic rings. The second kappa shape index (κ2) is 7.55. The molecule has 1 aliphatic rings. The number of imidazole rings is 1. The number of benzene rings is 2. The summed E-state index contributed by atoms with van der Waals surface area (Å²) in [5, 5.41) is 3.21. The van der Waals surface area contributed by atoms with Crippen molar-refractivity contribution in [2.24, 2.45) is 0 Å². The van der Waals surface area contributed by atoms with Gasteiger partial charge in [0.05, 0.1) is 6.33 Å². The lowest BCUT2D eigenvalue weighted by Crippen LogP contribution is -2.25. The molecule has 0 atom stereocenters. The fourth-order valence-corrected chi connectivity index (χ4v) is 3.38. The molecule has 2 N–H and O–H groups in total. The Hall–Kier alpha value is -3.81. The highest BCUT2D eigenvalue weighted by molar-refractivity contribution is 5.89. The molecule has 0 saturated heterocycles. The smallest absolute Gasteiger partial charge is 0.234 e. The predicted octanol–water partition coefficient (Wildman–Crippen LogP) is 3.90. The lowest BCUT2D eigenvalue weighted by Gasteiger charge is -2.15. The van der Waals surface area contributed by atoms with Gasteiger partial charge in [-0.05, 0) is 36.6 Å². The molecule has 0 bridgehead atoms. The molecule has 2 heterocycles. The van der Waals surface area contributed by atoms with Gasteiger partial charge in [0.25, 0.3) is 0 Å². The summed E-state index contributed by atoms with van der Waals surface area (Å²) in [6.07, 6.45) is 4.29. The van der Waals surface area contributed by atoms with E-state index in [1.54, 1.807) is 17.3 Å². The van der Waals surface area contributed by atoms with Gasteiger partial charge in [0.2, 0.25) is 12.4 Å². The van der Waals surface area contributed by atoms with Crippen LogP contribution in [0.5, 0.6) is 0 Å². The Balaban J connectivity index is 1.42. The van der Waals surface area contributed by atoms with Crippen molar-refractivity contribution in [3.63, 3.8) is 0 Å². The summed E-state index contributed by atoms with van der Waals surface area (Å²) in [5.41, 5.74) is 4.62. The van der Waals surface area contributed by atoms with Crippen LogP contribution in [0, 0.1) is 5.82 Å². The van der Waals surface area contributed by atoms with E-state index in [2.05, 4.69) is 25.3 Å². The number of hydrogen-bond acceptors (Lipinski definition) is 5. The van der Waals surface area contributed by atoms with Crippen LogP contribution in [0.3, 0.4) is 0 Å². The molecule has 1 aliphatic carbocycles. The quantitative estimate of drug-likeness (QED) is 0.458. The van der Waals surface area contributed by atoms with Gasteiger partial charge in [0.15, 0.2) is 5.65 Å². The van der Waals surface area contributed by atoms with Gasteiger partial charge in [-0.1, -0.05) is 30.3 Å². The SMILES string of the molecule is O=CN(c1nc(-c2ccc(CNc3cccc(F)c3)cc2)c2[nH]cnc2n1)C1CC1. The Morgan fingerprint density at radius 2 is 2.00 bits per heavy atom. The minimum atomic E-state index is -0.269. The van der Waals surface area contributed by atoms with E-state index in [4.69, 9.17) is 0 Å². The minimum Gasteiger partial charge on any atom is -0.381 e. The van der Waals surface area contributed by atoms with E-state index in [-0.39, 0.29) is 11.9 Å². The van der Waals surface area contributed by atoms with E-state index in [0.29, 0.717) is 23.8 Å². The lowest BCUT2D eigenvalue weighted by molar-refractivity contribution is -0.107. The highest BCUT2D eigenvalue weighted by atomic mass is 19.1. The molecule has 2 aromatic heterocycles. The van der Waals surface area contributed by atoms with Crippen molar-refractivity contribution >= 4 is 29.2 Å². The summed E-state index contributed by atoms with van der Waals surface area (Å²) < 4.78 is 13.3. The zero-order chi connectivity index (χ0) is 20.5. The van der Waals surface area contributed by atoms with E-state index < -0.39 is 0 Å². The highest BCUT2D eigenvalue weighted by Gasteiger charge is 2.31. The number of carbonyl (C=O) groups excluding carboxylic acids is 1. The van der Waals surface area contributed by atoms with Gasteiger partial charge < -0.3 is 10.3 Å². The zero-order valence-electron chi connectivity index (χ0n) is 16.0. The molecule has 1 amide bonds. The maximum absolute atomic E-state index is 13.3. The molecule has 0 aliphatic heterocycles. The van der Waals surface area contributed by atoms with Gasteiger partial charge in [-0.3, -0.25) is 9.69 Å². The number of anilines is 2. The van der Waals surface area contributed by atoms with Crippen molar-refractivity contribution in [2.75, 3.05) is 10.2 Å². The number of carbonyl (C=O) groups is 1. The largest absolute Gasteiger partial charge is 0.381 e. The van der Waals surface area contributed by atoms with Crippen molar-refractivity contribution in [3.05, 3.63) is 66.2 Å². The number of aromatic amines is 1. The fourth-order valence-electron chi connectivity index (χ4n) is 3.38. The van der Waals surface area contributed by atoms with Crippen LogP contribution < -0.4 is 10.2 Å². The van der Waals surface area contributed by atoms with Gasteiger partial charge in [-0.2, -0.15) is 4.98 Å². The van der Waals surface area contributed by atoms with Crippen LogP contribution in [0.25, 0.3) is 22.4 Å². The van der Waals surface area contributed by atoms with E-state index >= 15 is 0 Å². The first-order valence-corrected chi connectivity index (χ1v) is 9.75. The summed E-state index contributed by atoms with van der Waals surface area (Å²) in [6, 6.07) is 14.5. The first-order valence-electron chi connectivity index (χ1n) is 9.75. The van der Waals surface area contributed by atoms with Crippen molar-refractivity contribution in [2.45, 2.75) is 25.4 Å². The van der Waals surface area contributed by atoms with Crippen LogP contribution in [0.4, 0.5) is 16.0 Å². The molecular formula is C22H19FN6O. The molecule has 0 spiro atoms. The Morgan fingerprint density at radius 1 is 1.17 bits per heavy atom. The van der Waals surface area contributed by atoms with Crippen molar-refractivity contribution < 1.29 is 9.18 Å². The Morgan fingerprint density at radius 3 is 2.73 bits per heavy atom. The first-order chi connectivity index (χ1) is 14.7. The van der Waals surface area contributed by atoms with Crippen LogP contribution in [0.15, 0.2) is 54.9 Å². The van der Waals surface area contributed by atoms with E-state index in [0.717, 1.165) is 41.6 Å². The van der Waals surface area contributed by atoms with Gasteiger partial charge >= 0.3 is 0 Å². The molecule has 30 heavy (non-hydrogen) atoms. The number of nitrogens with zero attached hydrogens (tertiary/aromatic N) is 4. The zero-order valence-corrected chi connectivity index (χ0v) is 16.0. The Bertz CT molecular complexity index is 1200. The Labute approximate surface area is 172 Å². The molecule has 0 unspecified atom stereocenters. The van der Waals surface area contributed by atoms with Crippen molar-refractivity contribution in [1.82, 2.24) is 19.9 Å². The van der Waals surface area contributed by atoms with Crippen LogP contribution in [0.2, 0.25) is 0 Å². The minimum absolute atomic E-state index is 0.169. The van der Waals surface area contributed by atoms with E-state index in [1.807, 2.05) is 30.3 Å². The molecule has 1 fully saturated rings. The number of aromatic nitrogens is 4. The molecule has 5 rings (SSSR count). The molecular weight excluding hydrogens is 383 g/mol. The van der Waals surface area contributed by atoms with Crippen LogP contribution >= 0.6 is 0 Å². The third kappa shape index (κ3) is 3.59. The summed E-state index contributed by atoms with van der Waals surface area (Å²) in [7, 11) is 0. The lowest BCUT2D eigenvalue weighted by atomic mass is 10.1. The third-order valence-corrected chi connectivity index (χ3v) is 5.11. The Kier molecular flexibility index (Phi) is 4.59. The number of fused-ring (bicyclic) bond motifs is 1. The maximum Gasteiger partial charge on any atom is 0.234 e. The van der Waals surface area contributed by atoms with Crippen LogP contribution in [-0.2, 0) is 11.3 Å². The first kappa shape index (κ1) is 18.2. The molecule has 7 nitrogen and oxygen atoms in total. The summed E-state index contributed by atoms with van der Waals surface area (Å²) in [5.74, 6) is 0.105. The van der Waals surface area contributed by atoms with Gasteiger partial charge in [0, 0.05) is 23.8 Å². The molecule has 8 heteroatoms. The normalized spacial score (nSPS) is 13.4. The van der Waals surface area contributed by atoms with Crippen LogP contribution in [0.1, 0.15) is 18.4 Å². The highest BCUT2D eigenvalue weighted by Crippen LogP contribution is 2.32. The van der Waals surface area contributed by atoms with Crippen LogP contribution in [-0.4, -0.2) is 32.4 Å². The van der Waals surface area contributed by atoms with Gasteiger partial charge in [-0.25, -0.2) is 14.4 Å². The van der Waals surface area contributed by atoms with E-state index in [9.17, 15) is 9.18 Å². The second-order valence-electron chi connectivity index (χ2n) is 7.28. The fraction of sp³-hybridized carbons (Fsp3) is 0.182. The van der Waals surface area contributed by atoms with Crippen molar-refractivity contribution in [1.29, 1.82) is 0 Å². The standard InChI is InChI=1S/C22H19FN6O/c23-16-2-1-3-17(10-16)24-11-14-4-6-15(7-5-14)19-20-21(26-12-25-20)28-22(27-19)29(13-30)18-8-9-18/h1-7,10,12-13,18,24H,8-9,11H2,(H,25,26,27,28). The van der Waals surface area contributed by atoms with E-state index in [1.165, 1.54) is 12.1 Å². The summed E-state index contributed by atoms with van der Waals surface area (Å²) >= 11 is 0. The maximum atomic E-state index is 13.3. The molecule has 0 radical (unpaired) electrons. The monoisotopic (exact) mass is 402 g/mol. The number of hydrogen-bond donors (Lipinski definition) is 2. The third-order valence-electron chi connectivity index (χ3n) is 5.11. The molecule has 1 saturated carbocycles. The summed E-state index contributed by atoms with van der Waals surface area (Å²) in [4.78, 5) is 29.6. The number of rotatable bonds is 7. The number of nitrogens with one attached hydrogen (secondary N) is 2. The number of amides is 1. The van der Waals surface area contributed by atoms with Crippen molar-refractivity contribution in [3.8, 4) is 11.3 Å². The number of halogens is 1. The predicted molar refractivity (Wildman–Crippen MR) is 112 cm³/mol. The average Bonchev–Trinajstić information content (AvgIpc) is 3.48. The van der Waals surface area contributed by atoms with Gasteiger partial charge in [-0.15, -0.1) is 0 Å².